The number of hydrogen-bond donors (Lipinski definition) is 1. The van der Waals surface area contributed by atoms with E-state index in [4.69, 9.17) is 4.98 Å². The first-order valence-corrected chi connectivity index (χ1v) is 7.65. The lowest BCUT2D eigenvalue weighted by molar-refractivity contribution is 0.172. The third kappa shape index (κ3) is 2.21. The first kappa shape index (κ1) is 13.1. The molecular formula is C15H25N3O. The van der Waals surface area contributed by atoms with E-state index in [0.29, 0.717) is 12.1 Å². The lowest BCUT2D eigenvalue weighted by Crippen LogP contribution is -2.33. The van der Waals surface area contributed by atoms with Gasteiger partial charge in [-0.05, 0) is 52.5 Å². The van der Waals surface area contributed by atoms with Crippen LogP contribution in [0.1, 0.15) is 63.1 Å². The molecule has 3 heterocycles. The number of fused-ring (bicyclic) bond motifs is 1. The molecule has 19 heavy (non-hydrogen) atoms. The van der Waals surface area contributed by atoms with E-state index < -0.39 is 0 Å². The highest BCUT2D eigenvalue weighted by atomic mass is 16.3. The number of aryl methyl sites for hydroxylation is 1. The van der Waals surface area contributed by atoms with Gasteiger partial charge in [-0.25, -0.2) is 4.98 Å². The summed E-state index contributed by atoms with van der Waals surface area (Å²) in [5.74, 6) is 1.19. The van der Waals surface area contributed by atoms with Crippen LogP contribution in [0.15, 0.2) is 6.20 Å². The second-order valence-electron chi connectivity index (χ2n) is 6.20. The molecule has 1 fully saturated rings. The Morgan fingerprint density at radius 1 is 1.37 bits per heavy atom. The molecule has 1 aromatic rings. The summed E-state index contributed by atoms with van der Waals surface area (Å²) in [6.45, 7) is 5.95. The Kier molecular flexibility index (Phi) is 3.63. The van der Waals surface area contributed by atoms with Crippen LogP contribution in [-0.4, -0.2) is 38.8 Å². The molecule has 2 unspecified atom stereocenters. The first-order valence-electron chi connectivity index (χ1n) is 7.65. The summed E-state index contributed by atoms with van der Waals surface area (Å²) < 4.78 is 2.34. The molecule has 1 saturated heterocycles. The van der Waals surface area contributed by atoms with E-state index in [-0.39, 0.29) is 12.6 Å². The molecule has 1 aromatic heterocycles. The zero-order chi connectivity index (χ0) is 13.4. The zero-order valence-corrected chi connectivity index (χ0v) is 12.0. The fraction of sp³-hybridized carbons (Fsp3) is 0.800. The van der Waals surface area contributed by atoms with Crippen molar-refractivity contribution < 1.29 is 5.11 Å². The van der Waals surface area contributed by atoms with Gasteiger partial charge in [0.2, 0.25) is 0 Å². The number of aromatic nitrogens is 2. The van der Waals surface area contributed by atoms with Gasteiger partial charge in [-0.15, -0.1) is 0 Å². The minimum absolute atomic E-state index is 0.241. The highest BCUT2D eigenvalue weighted by Gasteiger charge is 2.34. The van der Waals surface area contributed by atoms with Crippen LogP contribution in [0, 0.1) is 0 Å². The predicted octanol–water partition coefficient (Wildman–Crippen LogP) is 2.30. The molecule has 0 aromatic carbocycles. The van der Waals surface area contributed by atoms with Crippen LogP contribution >= 0.6 is 0 Å². The average molecular weight is 263 g/mol. The number of imidazole rings is 1. The molecule has 0 amide bonds. The molecule has 1 N–H and O–H groups in total. The third-order valence-electron chi connectivity index (χ3n) is 4.70. The third-order valence-corrected chi connectivity index (χ3v) is 4.70. The molecule has 0 saturated carbocycles. The maximum atomic E-state index is 9.64. The summed E-state index contributed by atoms with van der Waals surface area (Å²) in [5, 5.41) is 9.64. The molecule has 4 heteroatoms. The van der Waals surface area contributed by atoms with Crippen LogP contribution in [-0.2, 0) is 6.42 Å². The molecule has 0 bridgehead atoms. The van der Waals surface area contributed by atoms with Gasteiger partial charge in [0.15, 0.2) is 0 Å². The van der Waals surface area contributed by atoms with E-state index in [1.165, 1.54) is 37.3 Å². The summed E-state index contributed by atoms with van der Waals surface area (Å²) >= 11 is 0. The van der Waals surface area contributed by atoms with Crippen molar-refractivity contribution >= 4 is 0 Å². The van der Waals surface area contributed by atoms with E-state index in [1.807, 2.05) is 6.20 Å². The molecule has 3 rings (SSSR count). The summed E-state index contributed by atoms with van der Waals surface area (Å²) in [5.41, 5.74) is 1.32. The Morgan fingerprint density at radius 2 is 2.21 bits per heavy atom. The van der Waals surface area contributed by atoms with Crippen LogP contribution in [0.5, 0.6) is 0 Å². The second-order valence-corrected chi connectivity index (χ2v) is 6.20. The summed E-state index contributed by atoms with van der Waals surface area (Å²) in [7, 11) is 0. The quantitative estimate of drug-likeness (QED) is 0.909. The van der Waals surface area contributed by atoms with Crippen molar-refractivity contribution in [2.75, 3.05) is 13.2 Å². The minimum atomic E-state index is 0.241. The molecule has 0 radical (unpaired) electrons. The van der Waals surface area contributed by atoms with Crippen LogP contribution < -0.4 is 0 Å². The van der Waals surface area contributed by atoms with E-state index in [1.54, 1.807) is 0 Å². The smallest absolute Gasteiger partial charge is 0.126 e. The average Bonchev–Trinajstić information content (AvgIpc) is 3.03. The van der Waals surface area contributed by atoms with Gasteiger partial charge >= 0.3 is 0 Å². The summed E-state index contributed by atoms with van der Waals surface area (Å²) in [6, 6.07) is 1.26. The molecular weight excluding hydrogens is 238 g/mol. The number of hydrogen-bond acceptors (Lipinski definition) is 3. The molecule has 2 atom stereocenters. The molecule has 2 aliphatic heterocycles. The van der Waals surface area contributed by atoms with E-state index in [0.717, 1.165) is 12.8 Å². The van der Waals surface area contributed by atoms with Crippen LogP contribution in [0.4, 0.5) is 0 Å². The Labute approximate surface area is 115 Å². The Balaban J connectivity index is 1.95. The van der Waals surface area contributed by atoms with Crippen molar-refractivity contribution in [2.45, 2.75) is 64.1 Å². The van der Waals surface area contributed by atoms with Gasteiger partial charge < -0.3 is 9.67 Å². The van der Waals surface area contributed by atoms with Crippen LogP contribution in [0.3, 0.4) is 0 Å². The molecule has 0 spiro atoms. The van der Waals surface area contributed by atoms with Crippen molar-refractivity contribution in [3.05, 3.63) is 17.7 Å². The number of nitrogens with zero attached hydrogens (tertiary/aromatic N) is 3. The molecule has 0 aliphatic carbocycles. The van der Waals surface area contributed by atoms with Crippen molar-refractivity contribution in [1.82, 2.24) is 14.5 Å². The van der Waals surface area contributed by atoms with E-state index >= 15 is 0 Å². The van der Waals surface area contributed by atoms with Gasteiger partial charge in [0.05, 0.1) is 18.7 Å². The lowest BCUT2D eigenvalue weighted by Gasteiger charge is -2.32. The maximum absolute atomic E-state index is 9.64. The molecule has 2 aliphatic rings. The number of aliphatic hydroxyl groups is 1. The minimum Gasteiger partial charge on any atom is -0.394 e. The van der Waals surface area contributed by atoms with Gasteiger partial charge in [0.1, 0.15) is 5.82 Å². The Hall–Kier alpha value is -0.870. The number of rotatable bonds is 3. The van der Waals surface area contributed by atoms with E-state index in [9.17, 15) is 5.11 Å². The zero-order valence-electron chi connectivity index (χ0n) is 12.0. The van der Waals surface area contributed by atoms with Crippen molar-refractivity contribution in [3.63, 3.8) is 0 Å². The van der Waals surface area contributed by atoms with Gasteiger partial charge in [-0.2, -0.15) is 0 Å². The number of likely N-dealkylation sites (tertiary alicyclic amines) is 1. The molecule has 4 nitrogen and oxygen atoms in total. The van der Waals surface area contributed by atoms with Gasteiger partial charge in [0, 0.05) is 17.9 Å². The highest BCUT2D eigenvalue weighted by Crippen LogP contribution is 2.36. The van der Waals surface area contributed by atoms with Crippen LogP contribution in [0.25, 0.3) is 0 Å². The second kappa shape index (κ2) is 5.25. The highest BCUT2D eigenvalue weighted by molar-refractivity contribution is 5.14. The Bertz CT molecular complexity index is 441. The topological polar surface area (TPSA) is 41.3 Å². The van der Waals surface area contributed by atoms with Gasteiger partial charge in [-0.1, -0.05) is 0 Å². The lowest BCUT2D eigenvalue weighted by atomic mass is 10.0. The first-order chi connectivity index (χ1) is 9.22. The predicted molar refractivity (Wildman–Crippen MR) is 75.1 cm³/mol. The Morgan fingerprint density at radius 3 is 2.95 bits per heavy atom. The fourth-order valence-corrected chi connectivity index (χ4v) is 3.77. The van der Waals surface area contributed by atoms with Crippen molar-refractivity contribution in [1.29, 1.82) is 0 Å². The summed E-state index contributed by atoms with van der Waals surface area (Å²) in [6.07, 6.45) is 7.86. The SMILES string of the molecule is CC(C)N1CCCC1c1ncc2n1C(CO)CCC2. The van der Waals surface area contributed by atoms with Crippen LogP contribution in [0.2, 0.25) is 0 Å². The largest absolute Gasteiger partial charge is 0.394 e. The van der Waals surface area contributed by atoms with Gasteiger partial charge in [-0.3, -0.25) is 4.90 Å². The maximum Gasteiger partial charge on any atom is 0.126 e. The molecule has 106 valence electrons. The standard InChI is InChI=1S/C15H25N3O/c1-11(2)17-8-4-7-14(17)15-16-9-12-5-3-6-13(10-19)18(12)15/h9,11,13-14,19H,3-8,10H2,1-2H3. The monoisotopic (exact) mass is 263 g/mol. The van der Waals surface area contributed by atoms with Crippen molar-refractivity contribution in [3.8, 4) is 0 Å². The van der Waals surface area contributed by atoms with E-state index in [2.05, 4.69) is 23.3 Å². The number of aliphatic hydroxyl groups excluding tert-OH is 1. The fourth-order valence-electron chi connectivity index (χ4n) is 3.77. The van der Waals surface area contributed by atoms with Gasteiger partial charge in [0.25, 0.3) is 0 Å². The summed E-state index contributed by atoms with van der Waals surface area (Å²) in [4.78, 5) is 7.28. The van der Waals surface area contributed by atoms with Crippen molar-refractivity contribution in [2.24, 2.45) is 0 Å². The normalized spacial score (nSPS) is 28.0.